The summed E-state index contributed by atoms with van der Waals surface area (Å²) >= 11 is 9.26. The molecule has 5 heteroatoms. The van der Waals surface area contributed by atoms with Gasteiger partial charge in [0.25, 0.3) is 5.91 Å². The van der Waals surface area contributed by atoms with Crippen molar-refractivity contribution in [3.8, 4) is 0 Å². The molecule has 0 fully saturated rings. The maximum Gasteiger partial charge on any atom is 0.251 e. The number of hydrogen-bond donors (Lipinski definition) is 2. The lowest BCUT2D eigenvalue weighted by Gasteiger charge is -2.15. The van der Waals surface area contributed by atoms with Crippen molar-refractivity contribution in [2.24, 2.45) is 0 Å². The summed E-state index contributed by atoms with van der Waals surface area (Å²) in [5.41, 5.74) is 7.62. The minimum atomic E-state index is -0.180. The highest BCUT2D eigenvalue weighted by Crippen LogP contribution is 2.21. The van der Waals surface area contributed by atoms with Gasteiger partial charge in [0, 0.05) is 10.0 Å². The van der Waals surface area contributed by atoms with Crippen LogP contribution in [0.25, 0.3) is 0 Å². The summed E-state index contributed by atoms with van der Waals surface area (Å²) in [5, 5.41) is 3.37. The molecule has 0 unspecified atom stereocenters. The van der Waals surface area contributed by atoms with Crippen LogP contribution in [0, 0.1) is 0 Å². The zero-order valence-electron chi connectivity index (χ0n) is 10.9. The standard InChI is InChI=1S/C15H14BrClN2O/c1-9(10-3-2-4-12(16)7-10)19-15(20)11-5-6-13(17)14(18)8-11/h2-9H,18H2,1H3,(H,19,20)/t9-/m0/s1. The van der Waals surface area contributed by atoms with Crippen LogP contribution < -0.4 is 11.1 Å². The van der Waals surface area contributed by atoms with Crippen molar-refractivity contribution in [2.45, 2.75) is 13.0 Å². The van der Waals surface area contributed by atoms with Gasteiger partial charge in [-0.15, -0.1) is 0 Å². The molecule has 1 amide bonds. The highest BCUT2D eigenvalue weighted by Gasteiger charge is 2.12. The van der Waals surface area contributed by atoms with E-state index in [4.69, 9.17) is 17.3 Å². The summed E-state index contributed by atoms with van der Waals surface area (Å²) < 4.78 is 0.979. The molecule has 0 aliphatic rings. The molecule has 0 spiro atoms. The van der Waals surface area contributed by atoms with Gasteiger partial charge in [-0.25, -0.2) is 0 Å². The quantitative estimate of drug-likeness (QED) is 0.813. The third kappa shape index (κ3) is 3.52. The second kappa shape index (κ2) is 6.29. The molecule has 20 heavy (non-hydrogen) atoms. The lowest BCUT2D eigenvalue weighted by Crippen LogP contribution is -2.26. The Bertz CT molecular complexity index is 646. The second-order valence-electron chi connectivity index (χ2n) is 4.49. The first-order chi connectivity index (χ1) is 9.47. The van der Waals surface area contributed by atoms with E-state index in [1.807, 2.05) is 31.2 Å². The van der Waals surface area contributed by atoms with Gasteiger partial charge < -0.3 is 11.1 Å². The Morgan fingerprint density at radius 3 is 2.70 bits per heavy atom. The molecule has 0 saturated heterocycles. The predicted molar refractivity (Wildman–Crippen MR) is 85.9 cm³/mol. The molecule has 104 valence electrons. The topological polar surface area (TPSA) is 55.1 Å². The molecule has 0 saturated carbocycles. The third-order valence-electron chi connectivity index (χ3n) is 2.95. The summed E-state index contributed by atoms with van der Waals surface area (Å²) in [6.07, 6.45) is 0. The summed E-state index contributed by atoms with van der Waals surface area (Å²) in [4.78, 5) is 12.2. The van der Waals surface area contributed by atoms with Gasteiger partial charge in [-0.1, -0.05) is 39.7 Å². The molecule has 0 radical (unpaired) electrons. The lowest BCUT2D eigenvalue weighted by atomic mass is 10.1. The summed E-state index contributed by atoms with van der Waals surface area (Å²) in [6.45, 7) is 1.93. The van der Waals surface area contributed by atoms with Crippen molar-refractivity contribution in [1.29, 1.82) is 0 Å². The summed E-state index contributed by atoms with van der Waals surface area (Å²) in [6, 6.07) is 12.6. The highest BCUT2D eigenvalue weighted by molar-refractivity contribution is 9.10. The number of rotatable bonds is 3. The maximum absolute atomic E-state index is 12.2. The SMILES string of the molecule is C[C@H](NC(=O)c1ccc(Cl)c(N)c1)c1cccc(Br)c1. The monoisotopic (exact) mass is 352 g/mol. The van der Waals surface area contributed by atoms with E-state index in [-0.39, 0.29) is 11.9 Å². The molecule has 2 aromatic carbocycles. The number of carbonyl (C=O) groups excluding carboxylic acids is 1. The molecular formula is C15H14BrClN2O. The van der Waals surface area contributed by atoms with Gasteiger partial charge >= 0.3 is 0 Å². The van der Waals surface area contributed by atoms with Crippen LogP contribution >= 0.6 is 27.5 Å². The molecule has 2 rings (SSSR count). The van der Waals surface area contributed by atoms with Crippen LogP contribution in [0.4, 0.5) is 5.69 Å². The lowest BCUT2D eigenvalue weighted by molar-refractivity contribution is 0.0940. The van der Waals surface area contributed by atoms with E-state index in [0.29, 0.717) is 16.3 Å². The molecule has 0 heterocycles. The third-order valence-corrected chi connectivity index (χ3v) is 3.79. The number of nitrogen functional groups attached to an aromatic ring is 1. The van der Waals surface area contributed by atoms with Gasteiger partial charge in [-0.2, -0.15) is 0 Å². The number of nitrogens with two attached hydrogens (primary N) is 1. The summed E-state index contributed by atoms with van der Waals surface area (Å²) in [5.74, 6) is -0.180. The Morgan fingerprint density at radius 1 is 1.30 bits per heavy atom. The number of halogens is 2. The minimum Gasteiger partial charge on any atom is -0.398 e. The normalized spacial score (nSPS) is 11.9. The van der Waals surface area contributed by atoms with E-state index in [0.717, 1.165) is 10.0 Å². The van der Waals surface area contributed by atoms with E-state index in [1.54, 1.807) is 18.2 Å². The van der Waals surface area contributed by atoms with Gasteiger partial charge in [-0.05, 0) is 42.8 Å². The van der Waals surface area contributed by atoms with Crippen LogP contribution in [0.3, 0.4) is 0 Å². The molecule has 0 aliphatic carbocycles. The Labute approximate surface area is 131 Å². The number of amides is 1. The van der Waals surface area contributed by atoms with Crippen LogP contribution in [-0.4, -0.2) is 5.91 Å². The van der Waals surface area contributed by atoms with Crippen LogP contribution in [0.2, 0.25) is 5.02 Å². The molecule has 0 aliphatic heterocycles. The van der Waals surface area contributed by atoms with E-state index < -0.39 is 0 Å². The van der Waals surface area contributed by atoms with Crippen molar-refractivity contribution in [3.05, 3.63) is 63.1 Å². The smallest absolute Gasteiger partial charge is 0.251 e. The molecule has 1 atom stereocenters. The average Bonchev–Trinajstić information content (AvgIpc) is 2.41. The fourth-order valence-electron chi connectivity index (χ4n) is 1.82. The first-order valence-electron chi connectivity index (χ1n) is 6.08. The number of anilines is 1. The first kappa shape index (κ1) is 14.9. The molecule has 3 N–H and O–H groups in total. The van der Waals surface area contributed by atoms with Crippen LogP contribution in [0.5, 0.6) is 0 Å². The van der Waals surface area contributed by atoms with Crippen LogP contribution in [0.1, 0.15) is 28.9 Å². The van der Waals surface area contributed by atoms with Crippen molar-refractivity contribution in [3.63, 3.8) is 0 Å². The molecule has 0 aromatic heterocycles. The average molecular weight is 354 g/mol. The zero-order chi connectivity index (χ0) is 14.7. The highest BCUT2D eigenvalue weighted by atomic mass is 79.9. The van der Waals surface area contributed by atoms with Crippen molar-refractivity contribution >= 4 is 39.1 Å². The van der Waals surface area contributed by atoms with Gasteiger partial charge in [-0.3, -0.25) is 4.79 Å². The fraction of sp³-hybridized carbons (Fsp3) is 0.133. The van der Waals surface area contributed by atoms with Gasteiger partial charge in [0.15, 0.2) is 0 Å². The van der Waals surface area contributed by atoms with E-state index in [1.165, 1.54) is 0 Å². The second-order valence-corrected chi connectivity index (χ2v) is 5.81. The Hall–Kier alpha value is -1.52. The van der Waals surface area contributed by atoms with Crippen LogP contribution in [0.15, 0.2) is 46.9 Å². The van der Waals surface area contributed by atoms with E-state index in [2.05, 4.69) is 21.2 Å². The molecule has 2 aromatic rings. The number of benzene rings is 2. The Balaban J connectivity index is 2.13. The maximum atomic E-state index is 12.2. The predicted octanol–water partition coefficient (Wildman–Crippen LogP) is 4.18. The molecule has 0 bridgehead atoms. The number of hydrogen-bond acceptors (Lipinski definition) is 2. The Kier molecular flexibility index (Phi) is 4.68. The Morgan fingerprint density at radius 2 is 2.05 bits per heavy atom. The van der Waals surface area contributed by atoms with Crippen molar-refractivity contribution < 1.29 is 4.79 Å². The van der Waals surface area contributed by atoms with E-state index >= 15 is 0 Å². The zero-order valence-corrected chi connectivity index (χ0v) is 13.2. The number of nitrogens with one attached hydrogen (secondary N) is 1. The summed E-state index contributed by atoms with van der Waals surface area (Å²) in [7, 11) is 0. The largest absolute Gasteiger partial charge is 0.398 e. The van der Waals surface area contributed by atoms with Gasteiger partial charge in [0.1, 0.15) is 0 Å². The van der Waals surface area contributed by atoms with Crippen molar-refractivity contribution in [1.82, 2.24) is 5.32 Å². The molecule has 3 nitrogen and oxygen atoms in total. The van der Waals surface area contributed by atoms with Gasteiger partial charge in [0.05, 0.1) is 16.8 Å². The number of carbonyl (C=O) groups is 1. The molecular weight excluding hydrogens is 340 g/mol. The van der Waals surface area contributed by atoms with Crippen molar-refractivity contribution in [2.75, 3.05) is 5.73 Å². The van der Waals surface area contributed by atoms with E-state index in [9.17, 15) is 4.79 Å². The fourth-order valence-corrected chi connectivity index (χ4v) is 2.36. The minimum absolute atomic E-state index is 0.100. The first-order valence-corrected chi connectivity index (χ1v) is 7.26. The van der Waals surface area contributed by atoms with Crippen LogP contribution in [-0.2, 0) is 0 Å². The van der Waals surface area contributed by atoms with Gasteiger partial charge in [0.2, 0.25) is 0 Å².